The summed E-state index contributed by atoms with van der Waals surface area (Å²) in [5, 5.41) is 2.88. The Labute approximate surface area is 236 Å². The summed E-state index contributed by atoms with van der Waals surface area (Å²) >= 11 is 6.67. The molecule has 5 rings (SSSR count). The molecule has 0 unspecified atom stereocenters. The Bertz CT molecular complexity index is 1530. The number of rotatable bonds is 7. The lowest BCUT2D eigenvalue weighted by Crippen LogP contribution is -2.35. The van der Waals surface area contributed by atoms with Crippen molar-refractivity contribution >= 4 is 63.0 Å². The van der Waals surface area contributed by atoms with E-state index in [2.05, 4.69) is 5.32 Å². The van der Waals surface area contributed by atoms with E-state index >= 15 is 0 Å². The van der Waals surface area contributed by atoms with E-state index in [-0.39, 0.29) is 29.8 Å². The molecule has 0 atom stereocenters. The molecule has 1 N–H and O–H groups in total. The average molecular weight is 558 g/mol. The summed E-state index contributed by atoms with van der Waals surface area (Å²) < 4.78 is 5.62. The van der Waals surface area contributed by atoms with Crippen molar-refractivity contribution in [2.75, 3.05) is 30.4 Å². The number of fused-ring (bicyclic) bond motifs is 1. The fourth-order valence-electron chi connectivity index (χ4n) is 4.60. The third-order valence-electron chi connectivity index (χ3n) is 6.87. The van der Waals surface area contributed by atoms with E-state index < -0.39 is 0 Å². The maximum Gasteiger partial charge on any atom is 0.267 e. The van der Waals surface area contributed by atoms with Gasteiger partial charge in [-0.25, -0.2) is 0 Å². The number of anilines is 2. The minimum Gasteiger partial charge on any atom is -0.497 e. The summed E-state index contributed by atoms with van der Waals surface area (Å²) in [4.78, 5) is 43.4. The predicted molar refractivity (Wildman–Crippen MR) is 159 cm³/mol. The van der Waals surface area contributed by atoms with Gasteiger partial charge in [0.2, 0.25) is 5.91 Å². The van der Waals surface area contributed by atoms with Gasteiger partial charge in [-0.2, -0.15) is 0 Å². The first kappa shape index (κ1) is 26.6. The largest absolute Gasteiger partial charge is 0.497 e. The maximum atomic E-state index is 13.7. The summed E-state index contributed by atoms with van der Waals surface area (Å²) in [6.07, 6.45) is 0.606. The number of hydrogen-bond donors (Lipinski definition) is 1. The minimum absolute atomic E-state index is 0.177. The quantitative estimate of drug-likeness (QED) is 0.321. The van der Waals surface area contributed by atoms with Gasteiger partial charge in [0, 0.05) is 17.8 Å². The molecule has 0 saturated carbocycles. The number of nitrogens with one attached hydrogen (secondary N) is 1. The monoisotopic (exact) mass is 557 g/mol. The number of amides is 3. The van der Waals surface area contributed by atoms with Crippen LogP contribution in [0.1, 0.15) is 22.3 Å². The Morgan fingerprint density at radius 2 is 1.69 bits per heavy atom. The molecule has 2 aliphatic rings. The van der Waals surface area contributed by atoms with E-state index in [0.717, 1.165) is 34.2 Å². The van der Waals surface area contributed by atoms with Crippen LogP contribution in [-0.4, -0.2) is 47.1 Å². The zero-order chi connectivity index (χ0) is 27.7. The van der Waals surface area contributed by atoms with Gasteiger partial charge in [-0.15, -0.1) is 0 Å². The van der Waals surface area contributed by atoms with E-state index in [1.54, 1.807) is 19.2 Å². The lowest BCUT2D eigenvalue weighted by Gasteiger charge is -2.17. The number of carbonyl (C=O) groups is 3. The fourth-order valence-corrected chi connectivity index (χ4v) is 5.98. The van der Waals surface area contributed by atoms with Crippen molar-refractivity contribution in [2.24, 2.45) is 0 Å². The van der Waals surface area contributed by atoms with E-state index in [4.69, 9.17) is 17.0 Å². The lowest BCUT2D eigenvalue weighted by molar-refractivity contribution is -0.122. The number of thiocarbonyl (C=S) groups is 1. The molecule has 198 valence electrons. The zero-order valence-electron chi connectivity index (χ0n) is 21.8. The van der Waals surface area contributed by atoms with E-state index in [1.165, 1.54) is 9.80 Å². The first-order valence-electron chi connectivity index (χ1n) is 12.5. The third kappa shape index (κ3) is 5.32. The van der Waals surface area contributed by atoms with E-state index in [1.807, 2.05) is 68.4 Å². The number of carbonyl (C=O) groups excluding carboxylic acids is 3. The van der Waals surface area contributed by atoms with Crippen LogP contribution in [0.5, 0.6) is 5.75 Å². The minimum atomic E-state index is -0.387. The van der Waals surface area contributed by atoms with Gasteiger partial charge in [-0.05, 0) is 67.3 Å². The molecule has 2 heterocycles. The zero-order valence-corrected chi connectivity index (χ0v) is 23.4. The highest BCUT2D eigenvalue weighted by atomic mass is 32.2. The summed E-state index contributed by atoms with van der Waals surface area (Å²) in [5.74, 6) is -0.241. The van der Waals surface area contributed by atoms with Crippen LogP contribution in [-0.2, 0) is 20.8 Å². The molecule has 3 aromatic rings. The number of methoxy groups -OCH3 is 1. The molecule has 3 aromatic carbocycles. The number of nitrogens with zero attached hydrogens (tertiary/aromatic N) is 2. The van der Waals surface area contributed by atoms with Crippen molar-refractivity contribution in [2.45, 2.75) is 20.3 Å². The van der Waals surface area contributed by atoms with E-state index in [9.17, 15) is 14.4 Å². The molecule has 3 amide bonds. The molecule has 0 bridgehead atoms. The number of hydrogen-bond acceptors (Lipinski definition) is 6. The topological polar surface area (TPSA) is 79.0 Å². The standard InChI is InChI=1S/C30H27N3O4S2/c1-18-8-11-21(16-19(18)2)31-25(34)17-33-24-7-5-4-6-23(24)26(28(33)35)27-29(36)32(30(38)39-27)15-14-20-9-12-22(37-3)13-10-20/h4-13,16H,14-15,17H2,1-3H3,(H,31,34). The molecule has 1 saturated heterocycles. The van der Waals surface area contributed by atoms with Crippen molar-refractivity contribution in [3.8, 4) is 5.75 Å². The fraction of sp³-hybridized carbons (Fsp3) is 0.200. The molecular weight excluding hydrogens is 530 g/mol. The van der Waals surface area contributed by atoms with Crippen LogP contribution in [0.3, 0.4) is 0 Å². The molecule has 0 aliphatic carbocycles. The van der Waals surface area contributed by atoms with Crippen LogP contribution in [0.2, 0.25) is 0 Å². The lowest BCUT2D eigenvalue weighted by atomic mass is 10.1. The summed E-state index contributed by atoms with van der Waals surface area (Å²) in [6.45, 7) is 4.20. The van der Waals surface area contributed by atoms with Gasteiger partial charge in [0.25, 0.3) is 11.8 Å². The van der Waals surface area contributed by atoms with Crippen LogP contribution in [0.4, 0.5) is 11.4 Å². The molecule has 0 spiro atoms. The van der Waals surface area contributed by atoms with Crippen LogP contribution >= 0.6 is 24.0 Å². The van der Waals surface area contributed by atoms with Gasteiger partial charge in [0.05, 0.1) is 23.3 Å². The van der Waals surface area contributed by atoms with Gasteiger partial charge in [0.1, 0.15) is 16.6 Å². The molecule has 0 radical (unpaired) electrons. The van der Waals surface area contributed by atoms with Crippen molar-refractivity contribution in [3.05, 3.63) is 93.9 Å². The number of para-hydroxylation sites is 1. The van der Waals surface area contributed by atoms with Crippen molar-refractivity contribution in [3.63, 3.8) is 0 Å². The van der Waals surface area contributed by atoms with E-state index in [0.29, 0.717) is 39.1 Å². The number of benzene rings is 3. The Balaban J connectivity index is 1.36. The summed E-state index contributed by atoms with van der Waals surface area (Å²) in [5.41, 5.74) is 5.40. The molecule has 7 nitrogen and oxygen atoms in total. The van der Waals surface area contributed by atoms with Crippen LogP contribution in [0.25, 0.3) is 5.57 Å². The number of thioether (sulfide) groups is 1. The van der Waals surface area contributed by atoms with Crippen LogP contribution in [0, 0.1) is 13.8 Å². The highest BCUT2D eigenvalue weighted by Gasteiger charge is 2.42. The normalized spacial score (nSPS) is 16.6. The molecule has 0 aromatic heterocycles. The molecule has 2 aliphatic heterocycles. The van der Waals surface area contributed by atoms with Gasteiger partial charge >= 0.3 is 0 Å². The van der Waals surface area contributed by atoms with Gasteiger partial charge in [-0.1, -0.05) is 60.4 Å². The number of aryl methyl sites for hydroxylation is 2. The first-order valence-corrected chi connectivity index (χ1v) is 13.7. The second-order valence-electron chi connectivity index (χ2n) is 9.38. The Morgan fingerprint density at radius 3 is 2.41 bits per heavy atom. The Kier molecular flexibility index (Phi) is 7.54. The smallest absolute Gasteiger partial charge is 0.267 e. The summed E-state index contributed by atoms with van der Waals surface area (Å²) in [6, 6.07) is 20.5. The molecule has 1 fully saturated rings. The van der Waals surface area contributed by atoms with Crippen LogP contribution < -0.4 is 15.0 Å². The second-order valence-corrected chi connectivity index (χ2v) is 11.0. The molecular formula is C30H27N3O4S2. The van der Waals surface area contributed by atoms with Gasteiger partial charge in [0.15, 0.2) is 0 Å². The van der Waals surface area contributed by atoms with Crippen molar-refractivity contribution in [1.29, 1.82) is 0 Å². The predicted octanol–water partition coefficient (Wildman–Crippen LogP) is 5.11. The third-order valence-corrected chi connectivity index (χ3v) is 8.32. The first-order chi connectivity index (χ1) is 18.8. The average Bonchev–Trinajstić information content (AvgIpc) is 3.36. The Hall–Kier alpha value is -3.95. The highest BCUT2D eigenvalue weighted by molar-refractivity contribution is 8.26. The van der Waals surface area contributed by atoms with Crippen molar-refractivity contribution in [1.82, 2.24) is 4.90 Å². The number of ether oxygens (including phenoxy) is 1. The maximum absolute atomic E-state index is 13.7. The van der Waals surface area contributed by atoms with Gasteiger partial charge < -0.3 is 10.1 Å². The molecule has 39 heavy (non-hydrogen) atoms. The van der Waals surface area contributed by atoms with Gasteiger partial charge in [-0.3, -0.25) is 24.2 Å². The highest BCUT2D eigenvalue weighted by Crippen LogP contribution is 2.44. The SMILES string of the molecule is COc1ccc(CCN2C(=O)C(=C3C(=O)N(CC(=O)Nc4ccc(C)c(C)c4)c4ccccc43)SC2=S)cc1. The molecule has 9 heteroatoms. The van der Waals surface area contributed by atoms with Crippen LogP contribution in [0.15, 0.2) is 71.6 Å². The summed E-state index contributed by atoms with van der Waals surface area (Å²) in [7, 11) is 1.61. The second kappa shape index (κ2) is 11.0. The van der Waals surface area contributed by atoms with Crippen molar-refractivity contribution < 1.29 is 19.1 Å². The Morgan fingerprint density at radius 1 is 0.949 bits per heavy atom.